The van der Waals surface area contributed by atoms with Gasteiger partial charge in [0.25, 0.3) is 0 Å². The summed E-state index contributed by atoms with van der Waals surface area (Å²) in [5.41, 5.74) is 0. The van der Waals surface area contributed by atoms with Gasteiger partial charge in [0.15, 0.2) is 12.1 Å². The second-order valence-corrected chi connectivity index (χ2v) is 14.8. The van der Waals surface area contributed by atoms with Gasteiger partial charge in [-0.15, -0.1) is 0 Å². The van der Waals surface area contributed by atoms with Gasteiger partial charge in [-0.1, -0.05) is 124 Å². The maximum Gasteiger partial charge on any atom is 0.186 e. The SMILES string of the molecule is CCCCCCCCCCCCC=C[C@H]1OC(C)(C)O[C@H]1[C@@H](C)CO[C@H]1OC(COC)[C@H](OCCCC)[C@H](OCCCC)C1OCCCC. The Morgan fingerprint density at radius 3 is 1.73 bits per heavy atom. The van der Waals surface area contributed by atoms with E-state index >= 15 is 0 Å². The zero-order chi connectivity index (χ0) is 35.7. The molecular weight excluding hydrogens is 620 g/mol. The van der Waals surface area contributed by atoms with E-state index in [4.69, 9.17) is 37.9 Å². The molecule has 8 atom stereocenters. The molecular formula is C41H78O8. The summed E-state index contributed by atoms with van der Waals surface area (Å²) in [4.78, 5) is 0. The summed E-state index contributed by atoms with van der Waals surface area (Å²) in [7, 11) is 1.70. The molecule has 0 bridgehead atoms. The number of methoxy groups -OCH3 is 1. The van der Waals surface area contributed by atoms with E-state index in [2.05, 4.69) is 46.8 Å². The standard InChI is InChI=1S/C41H78O8/c1-9-13-17-18-19-20-21-22-23-24-25-26-27-34-36(49-41(6,7)48-34)33(5)31-46-40-39(45-30-16-12-4)38(44-29-15-11-3)37(43-28-14-10-2)35(47-40)32-42-8/h26-27,33-40H,9-25,28-32H2,1-8H3/t33-,34+,35?,36-,37-,38-,39?,40-/m0/s1. The van der Waals surface area contributed by atoms with Crippen LogP contribution in [0.25, 0.3) is 0 Å². The molecule has 0 N–H and O–H groups in total. The summed E-state index contributed by atoms with van der Waals surface area (Å²) in [6.07, 6.45) is 22.9. The fourth-order valence-electron chi connectivity index (χ4n) is 6.70. The molecule has 290 valence electrons. The Bertz CT molecular complexity index is 806. The van der Waals surface area contributed by atoms with E-state index in [9.17, 15) is 0 Å². The van der Waals surface area contributed by atoms with E-state index in [1.807, 2.05) is 13.8 Å². The van der Waals surface area contributed by atoms with Gasteiger partial charge in [-0.25, -0.2) is 0 Å². The molecule has 0 radical (unpaired) electrons. The van der Waals surface area contributed by atoms with E-state index in [1.165, 1.54) is 64.2 Å². The summed E-state index contributed by atoms with van der Waals surface area (Å²) in [6, 6.07) is 0. The first-order chi connectivity index (χ1) is 23.8. The van der Waals surface area contributed by atoms with E-state index in [0.29, 0.717) is 33.0 Å². The van der Waals surface area contributed by atoms with Crippen molar-refractivity contribution >= 4 is 0 Å². The van der Waals surface area contributed by atoms with Crippen LogP contribution < -0.4 is 0 Å². The quantitative estimate of drug-likeness (QED) is 0.0542. The zero-order valence-corrected chi connectivity index (χ0v) is 33.1. The third-order valence-electron chi connectivity index (χ3n) is 9.64. The van der Waals surface area contributed by atoms with Crippen molar-refractivity contribution in [3.63, 3.8) is 0 Å². The van der Waals surface area contributed by atoms with Crippen LogP contribution in [0.5, 0.6) is 0 Å². The van der Waals surface area contributed by atoms with Gasteiger partial charge in [0.05, 0.1) is 19.3 Å². The molecule has 49 heavy (non-hydrogen) atoms. The highest BCUT2D eigenvalue weighted by atomic mass is 16.8. The van der Waals surface area contributed by atoms with Crippen molar-refractivity contribution in [2.75, 3.05) is 40.1 Å². The smallest absolute Gasteiger partial charge is 0.186 e. The van der Waals surface area contributed by atoms with Crippen molar-refractivity contribution in [1.29, 1.82) is 0 Å². The van der Waals surface area contributed by atoms with Gasteiger partial charge < -0.3 is 37.9 Å². The molecule has 2 heterocycles. The van der Waals surface area contributed by atoms with Gasteiger partial charge in [-0.3, -0.25) is 0 Å². The number of unbranched alkanes of at least 4 members (excludes halogenated alkanes) is 13. The zero-order valence-electron chi connectivity index (χ0n) is 33.1. The van der Waals surface area contributed by atoms with E-state index in [-0.39, 0.29) is 36.4 Å². The Kier molecular flexibility index (Phi) is 24.6. The Morgan fingerprint density at radius 2 is 1.16 bits per heavy atom. The number of hydrogen-bond acceptors (Lipinski definition) is 8. The first-order valence-electron chi connectivity index (χ1n) is 20.4. The fraction of sp³-hybridized carbons (Fsp3) is 0.951. The summed E-state index contributed by atoms with van der Waals surface area (Å²) in [6.45, 7) is 17.7. The normalized spacial score (nSPS) is 27.7. The number of ether oxygens (including phenoxy) is 8. The number of hydrogen-bond donors (Lipinski definition) is 0. The highest BCUT2D eigenvalue weighted by Crippen LogP contribution is 2.35. The molecule has 2 aliphatic heterocycles. The molecule has 0 amide bonds. The summed E-state index contributed by atoms with van der Waals surface area (Å²) >= 11 is 0. The third-order valence-corrected chi connectivity index (χ3v) is 9.64. The molecule has 0 aromatic carbocycles. The molecule has 2 aliphatic rings. The average Bonchev–Trinajstić information content (AvgIpc) is 3.40. The topological polar surface area (TPSA) is 73.8 Å². The molecule has 2 rings (SSSR count). The maximum atomic E-state index is 6.62. The van der Waals surface area contributed by atoms with Crippen LogP contribution in [-0.2, 0) is 37.9 Å². The van der Waals surface area contributed by atoms with Crippen molar-refractivity contribution in [1.82, 2.24) is 0 Å². The molecule has 0 aromatic rings. The van der Waals surface area contributed by atoms with Crippen LogP contribution in [0, 0.1) is 5.92 Å². The first kappa shape index (κ1) is 44.6. The lowest BCUT2D eigenvalue weighted by Gasteiger charge is -2.46. The van der Waals surface area contributed by atoms with Crippen LogP contribution in [0.15, 0.2) is 12.2 Å². The molecule has 0 saturated carbocycles. The van der Waals surface area contributed by atoms with Gasteiger partial charge in [-0.2, -0.15) is 0 Å². The monoisotopic (exact) mass is 699 g/mol. The lowest BCUT2D eigenvalue weighted by Crippen LogP contribution is -2.62. The Hall–Kier alpha value is -0.580. The Balaban J connectivity index is 2.02. The number of allylic oxidation sites excluding steroid dienone is 1. The van der Waals surface area contributed by atoms with Gasteiger partial charge >= 0.3 is 0 Å². The van der Waals surface area contributed by atoms with Gasteiger partial charge in [-0.05, 0) is 46.0 Å². The van der Waals surface area contributed by atoms with Crippen LogP contribution in [0.3, 0.4) is 0 Å². The van der Waals surface area contributed by atoms with Crippen molar-refractivity contribution in [3.8, 4) is 0 Å². The highest BCUT2D eigenvalue weighted by Gasteiger charge is 2.49. The Labute approximate surface area is 302 Å². The average molecular weight is 699 g/mol. The highest BCUT2D eigenvalue weighted by molar-refractivity contribution is 5.00. The van der Waals surface area contributed by atoms with Crippen LogP contribution in [-0.4, -0.2) is 88.8 Å². The fourth-order valence-corrected chi connectivity index (χ4v) is 6.70. The minimum Gasteiger partial charge on any atom is -0.382 e. The summed E-state index contributed by atoms with van der Waals surface area (Å²) in [5.74, 6) is -0.587. The van der Waals surface area contributed by atoms with Gasteiger partial charge in [0.2, 0.25) is 0 Å². The predicted molar refractivity (Wildman–Crippen MR) is 199 cm³/mol. The van der Waals surface area contributed by atoms with Crippen molar-refractivity contribution in [2.45, 2.75) is 206 Å². The maximum absolute atomic E-state index is 6.62. The Morgan fingerprint density at radius 1 is 0.633 bits per heavy atom. The lowest BCUT2D eigenvalue weighted by atomic mass is 9.97. The molecule has 2 fully saturated rings. The molecule has 0 aromatic heterocycles. The molecule has 2 saturated heterocycles. The predicted octanol–water partition coefficient (Wildman–Crippen LogP) is 9.95. The molecule has 8 nitrogen and oxygen atoms in total. The lowest BCUT2D eigenvalue weighted by molar-refractivity contribution is -0.325. The molecule has 2 unspecified atom stereocenters. The van der Waals surface area contributed by atoms with Crippen LogP contribution in [0.1, 0.15) is 158 Å². The minimum atomic E-state index is -0.650. The van der Waals surface area contributed by atoms with Crippen molar-refractivity contribution < 1.29 is 37.9 Å². The second-order valence-electron chi connectivity index (χ2n) is 14.8. The third kappa shape index (κ3) is 17.7. The van der Waals surface area contributed by atoms with E-state index < -0.39 is 18.2 Å². The molecule has 0 aliphatic carbocycles. The van der Waals surface area contributed by atoms with Crippen LogP contribution in [0.2, 0.25) is 0 Å². The van der Waals surface area contributed by atoms with Crippen LogP contribution >= 0.6 is 0 Å². The van der Waals surface area contributed by atoms with Crippen molar-refractivity contribution in [2.24, 2.45) is 5.92 Å². The number of rotatable bonds is 30. The summed E-state index contributed by atoms with van der Waals surface area (Å²) in [5, 5.41) is 0. The van der Waals surface area contributed by atoms with Gasteiger partial charge in [0, 0.05) is 32.8 Å². The van der Waals surface area contributed by atoms with Crippen molar-refractivity contribution in [3.05, 3.63) is 12.2 Å². The second kappa shape index (κ2) is 27.1. The largest absolute Gasteiger partial charge is 0.382 e. The van der Waals surface area contributed by atoms with E-state index in [0.717, 1.165) is 44.9 Å². The summed E-state index contributed by atoms with van der Waals surface area (Å²) < 4.78 is 51.2. The minimum absolute atomic E-state index is 0.0625. The molecule has 0 spiro atoms. The first-order valence-corrected chi connectivity index (χ1v) is 20.4. The van der Waals surface area contributed by atoms with Crippen LogP contribution in [0.4, 0.5) is 0 Å². The van der Waals surface area contributed by atoms with Gasteiger partial charge in [0.1, 0.15) is 30.5 Å². The molecule has 8 heteroatoms. The van der Waals surface area contributed by atoms with E-state index in [1.54, 1.807) is 7.11 Å².